The third-order valence-corrected chi connectivity index (χ3v) is 4.25. The van der Waals surface area contributed by atoms with Crippen LogP contribution >= 0.6 is 22.6 Å². The van der Waals surface area contributed by atoms with Crippen molar-refractivity contribution in [1.29, 1.82) is 0 Å². The van der Waals surface area contributed by atoms with Crippen LogP contribution < -0.4 is 5.73 Å². The highest BCUT2D eigenvalue weighted by Gasteiger charge is 2.35. The molecular formula is C12H18IN3O. The van der Waals surface area contributed by atoms with Crippen molar-refractivity contribution in [3.05, 3.63) is 15.1 Å². The van der Waals surface area contributed by atoms with Gasteiger partial charge in [0, 0.05) is 6.61 Å². The first-order valence-corrected chi connectivity index (χ1v) is 6.99. The van der Waals surface area contributed by atoms with Crippen molar-refractivity contribution in [1.82, 2.24) is 9.97 Å². The van der Waals surface area contributed by atoms with Gasteiger partial charge in [0.2, 0.25) is 0 Å². The van der Waals surface area contributed by atoms with E-state index in [4.69, 9.17) is 10.5 Å². The maximum absolute atomic E-state index is 5.97. The fourth-order valence-electron chi connectivity index (χ4n) is 2.06. The minimum absolute atomic E-state index is 0.343. The van der Waals surface area contributed by atoms with E-state index >= 15 is 0 Å². The Hall–Kier alpha value is -0.430. The Labute approximate surface area is 115 Å². The van der Waals surface area contributed by atoms with E-state index in [1.54, 1.807) is 0 Å². The molecule has 5 heteroatoms. The number of halogens is 1. The van der Waals surface area contributed by atoms with Crippen molar-refractivity contribution >= 4 is 28.4 Å². The number of rotatable bonds is 2. The summed E-state index contributed by atoms with van der Waals surface area (Å²) in [6.07, 6.45) is 2.02. The quantitative estimate of drug-likeness (QED) is 0.836. The van der Waals surface area contributed by atoms with Gasteiger partial charge in [0.25, 0.3) is 0 Å². The zero-order chi connectivity index (χ0) is 12.6. The van der Waals surface area contributed by atoms with E-state index in [-0.39, 0.29) is 5.60 Å². The van der Waals surface area contributed by atoms with Gasteiger partial charge in [0.05, 0.1) is 9.26 Å². The van der Waals surface area contributed by atoms with Gasteiger partial charge in [-0.1, -0.05) is 13.8 Å². The van der Waals surface area contributed by atoms with Crippen molar-refractivity contribution in [2.24, 2.45) is 0 Å². The van der Waals surface area contributed by atoms with Gasteiger partial charge in [-0.05, 0) is 48.3 Å². The van der Waals surface area contributed by atoms with Gasteiger partial charge in [-0.3, -0.25) is 0 Å². The fraction of sp³-hybridized carbons (Fsp3) is 0.667. The molecule has 94 valence electrons. The summed E-state index contributed by atoms with van der Waals surface area (Å²) < 4.78 is 6.73. The van der Waals surface area contributed by atoms with Crippen LogP contribution in [0.3, 0.4) is 0 Å². The van der Waals surface area contributed by atoms with Crippen LogP contribution in [0, 0.1) is 3.57 Å². The first-order chi connectivity index (χ1) is 7.94. The monoisotopic (exact) mass is 347 g/mol. The molecule has 1 aromatic rings. The zero-order valence-corrected chi connectivity index (χ0v) is 12.6. The van der Waals surface area contributed by atoms with Gasteiger partial charge in [-0.15, -0.1) is 0 Å². The molecule has 0 amide bonds. The van der Waals surface area contributed by atoms with E-state index in [1.807, 2.05) is 6.92 Å². The Morgan fingerprint density at radius 1 is 1.41 bits per heavy atom. The standard InChI is InChI=1S/C12H18IN3O/c1-7(2)9-8(13)10(14)16-11(15-9)12(3)5-4-6-17-12/h7H,4-6H2,1-3H3,(H2,14,15,16). The summed E-state index contributed by atoms with van der Waals surface area (Å²) >= 11 is 2.21. The first kappa shape index (κ1) is 13.0. The largest absolute Gasteiger partial charge is 0.383 e. The molecule has 0 aliphatic carbocycles. The van der Waals surface area contributed by atoms with Gasteiger partial charge >= 0.3 is 0 Å². The molecule has 0 spiro atoms. The number of nitrogen functional groups attached to an aromatic ring is 1. The average molecular weight is 347 g/mol. The molecule has 2 rings (SSSR count). The highest BCUT2D eigenvalue weighted by molar-refractivity contribution is 14.1. The van der Waals surface area contributed by atoms with Crippen LogP contribution in [0.4, 0.5) is 5.82 Å². The molecule has 1 saturated heterocycles. The van der Waals surface area contributed by atoms with Crippen molar-refractivity contribution in [3.8, 4) is 0 Å². The van der Waals surface area contributed by atoms with Crippen LogP contribution in [0.25, 0.3) is 0 Å². The first-order valence-electron chi connectivity index (χ1n) is 5.91. The highest BCUT2D eigenvalue weighted by Crippen LogP contribution is 2.35. The second-order valence-corrected chi connectivity index (χ2v) is 6.05. The molecule has 2 heterocycles. The predicted molar refractivity (Wildman–Crippen MR) is 75.8 cm³/mol. The fourth-order valence-corrected chi connectivity index (χ4v) is 2.92. The van der Waals surface area contributed by atoms with Gasteiger partial charge in [-0.25, -0.2) is 9.97 Å². The van der Waals surface area contributed by atoms with Gasteiger partial charge in [0.1, 0.15) is 11.4 Å². The second kappa shape index (κ2) is 4.68. The third-order valence-electron chi connectivity index (χ3n) is 3.14. The molecule has 0 saturated carbocycles. The molecule has 4 nitrogen and oxygen atoms in total. The summed E-state index contributed by atoms with van der Waals surface area (Å²) in [7, 11) is 0. The second-order valence-electron chi connectivity index (χ2n) is 4.97. The van der Waals surface area contributed by atoms with E-state index in [9.17, 15) is 0 Å². The molecule has 0 aromatic carbocycles. The van der Waals surface area contributed by atoms with E-state index < -0.39 is 0 Å². The normalized spacial score (nSPS) is 24.5. The van der Waals surface area contributed by atoms with Crippen molar-refractivity contribution in [2.75, 3.05) is 12.3 Å². The number of ether oxygens (including phenoxy) is 1. The molecule has 1 atom stereocenters. The van der Waals surface area contributed by atoms with Crippen LogP contribution in [-0.4, -0.2) is 16.6 Å². The van der Waals surface area contributed by atoms with Crippen LogP contribution in [-0.2, 0) is 10.3 Å². The van der Waals surface area contributed by atoms with E-state index in [0.717, 1.165) is 34.5 Å². The summed E-state index contributed by atoms with van der Waals surface area (Å²) in [6.45, 7) is 7.06. The van der Waals surface area contributed by atoms with Gasteiger partial charge in [0.15, 0.2) is 5.82 Å². The summed E-state index contributed by atoms with van der Waals surface area (Å²) in [5.74, 6) is 1.64. The average Bonchev–Trinajstić information content (AvgIpc) is 2.69. The summed E-state index contributed by atoms with van der Waals surface area (Å²) in [5, 5.41) is 0. The Balaban J connectivity index is 2.49. The number of hydrogen-bond donors (Lipinski definition) is 1. The number of aromatic nitrogens is 2. The maximum Gasteiger partial charge on any atom is 0.162 e. The lowest BCUT2D eigenvalue weighted by Crippen LogP contribution is -2.25. The number of nitrogens with two attached hydrogens (primary N) is 1. The summed E-state index contributed by atoms with van der Waals surface area (Å²) in [6, 6.07) is 0. The Kier molecular flexibility index (Phi) is 3.58. The minimum Gasteiger partial charge on any atom is -0.383 e. The lowest BCUT2D eigenvalue weighted by Gasteiger charge is -2.23. The topological polar surface area (TPSA) is 61.0 Å². The summed E-state index contributed by atoms with van der Waals surface area (Å²) in [4.78, 5) is 9.07. The van der Waals surface area contributed by atoms with E-state index in [0.29, 0.717) is 11.7 Å². The smallest absolute Gasteiger partial charge is 0.162 e. The molecule has 1 aromatic heterocycles. The Morgan fingerprint density at radius 3 is 2.65 bits per heavy atom. The highest BCUT2D eigenvalue weighted by atomic mass is 127. The lowest BCUT2D eigenvalue weighted by molar-refractivity contribution is 0.00920. The molecule has 1 aliphatic rings. The van der Waals surface area contributed by atoms with E-state index in [1.165, 1.54) is 0 Å². The number of nitrogens with zero attached hydrogens (tertiary/aromatic N) is 2. The van der Waals surface area contributed by atoms with Crippen LogP contribution in [0.15, 0.2) is 0 Å². The SMILES string of the molecule is CC(C)c1nc(C2(C)CCCO2)nc(N)c1I. The van der Waals surface area contributed by atoms with E-state index in [2.05, 4.69) is 46.4 Å². The molecule has 1 fully saturated rings. The molecule has 2 N–H and O–H groups in total. The molecule has 1 unspecified atom stereocenters. The maximum atomic E-state index is 5.97. The molecule has 0 bridgehead atoms. The molecule has 0 radical (unpaired) electrons. The molecule has 1 aliphatic heterocycles. The van der Waals surface area contributed by atoms with Crippen molar-refractivity contribution in [2.45, 2.75) is 45.1 Å². The molecular weight excluding hydrogens is 329 g/mol. The van der Waals surface area contributed by atoms with Gasteiger partial charge < -0.3 is 10.5 Å². The third kappa shape index (κ3) is 2.40. The zero-order valence-electron chi connectivity index (χ0n) is 10.5. The Bertz CT molecular complexity index is 428. The van der Waals surface area contributed by atoms with Crippen molar-refractivity contribution < 1.29 is 4.74 Å². The Morgan fingerprint density at radius 2 is 2.12 bits per heavy atom. The number of hydrogen-bond acceptors (Lipinski definition) is 4. The summed E-state index contributed by atoms with van der Waals surface area (Å²) in [5.41, 5.74) is 6.63. The molecule has 17 heavy (non-hydrogen) atoms. The number of anilines is 1. The van der Waals surface area contributed by atoms with Crippen LogP contribution in [0.1, 0.15) is 51.0 Å². The predicted octanol–water partition coefficient (Wildman–Crippen LogP) is 2.81. The minimum atomic E-state index is -0.359. The lowest BCUT2D eigenvalue weighted by atomic mass is 10.0. The van der Waals surface area contributed by atoms with Crippen molar-refractivity contribution in [3.63, 3.8) is 0 Å². The van der Waals surface area contributed by atoms with Gasteiger partial charge in [-0.2, -0.15) is 0 Å². The van der Waals surface area contributed by atoms with Crippen LogP contribution in [0.5, 0.6) is 0 Å². The van der Waals surface area contributed by atoms with Crippen LogP contribution in [0.2, 0.25) is 0 Å².